The number of pyridine rings is 1. The lowest BCUT2D eigenvalue weighted by atomic mass is 9.84. The number of hydrogen-bond acceptors (Lipinski definition) is 12. The van der Waals surface area contributed by atoms with Crippen molar-refractivity contribution in [3.63, 3.8) is 0 Å². The van der Waals surface area contributed by atoms with Crippen molar-refractivity contribution in [1.29, 1.82) is 0 Å². The second kappa shape index (κ2) is 19.9. The minimum absolute atomic E-state index is 0.222. The minimum Gasteiger partial charge on any atom is -0.467 e. The molecule has 2 unspecified atom stereocenters. The third kappa shape index (κ3) is 10.8. The number of aldehydes is 1. The van der Waals surface area contributed by atoms with E-state index in [9.17, 15) is 9.59 Å². The molecule has 0 bridgehead atoms. The van der Waals surface area contributed by atoms with Crippen LogP contribution in [0, 0.1) is 5.41 Å². The summed E-state index contributed by atoms with van der Waals surface area (Å²) in [7, 11) is 3.81. The predicted molar refractivity (Wildman–Crippen MR) is 223 cm³/mol. The molecule has 3 N–H and O–H groups in total. The molecular weight excluding hydrogens is 713 g/mol. The smallest absolute Gasteiger partial charge is 0.293 e. The molecule has 1 aromatic carbocycles. The average Bonchev–Trinajstić information content (AvgIpc) is 3.79. The number of anilines is 1. The molecule has 0 radical (unpaired) electrons. The molecule has 5 heterocycles. The van der Waals surface area contributed by atoms with Crippen LogP contribution < -0.4 is 16.1 Å². The Bertz CT molecular complexity index is 1840. The molecule has 2 aliphatic rings. The highest BCUT2D eigenvalue weighted by atomic mass is 32.1. The topological polar surface area (TPSA) is 131 Å². The summed E-state index contributed by atoms with van der Waals surface area (Å²) in [5.41, 5.74) is 17.1. The van der Waals surface area contributed by atoms with Crippen molar-refractivity contribution in [3.8, 4) is 22.5 Å². The first kappa shape index (κ1) is 42.4. The average molecular weight is 775 g/mol. The molecule has 0 amide bonds. The minimum atomic E-state index is -0.566. The largest absolute Gasteiger partial charge is 0.467 e. The van der Waals surface area contributed by atoms with E-state index in [1.165, 1.54) is 36.3 Å². The molecule has 55 heavy (non-hydrogen) atoms. The molecule has 4 aromatic rings. The van der Waals surface area contributed by atoms with Gasteiger partial charge in [0.25, 0.3) is 6.47 Å². The lowest BCUT2D eigenvalue weighted by Gasteiger charge is -2.36. The number of carbonyl (C=O) groups excluding carboxylic acids is 2. The maximum Gasteiger partial charge on any atom is 0.293 e. The van der Waals surface area contributed by atoms with Crippen molar-refractivity contribution >= 4 is 40.7 Å². The fourth-order valence-corrected chi connectivity index (χ4v) is 8.48. The molecule has 0 aliphatic carbocycles. The highest BCUT2D eigenvalue weighted by molar-refractivity contribution is 7.10. The number of piperazine rings is 1. The zero-order valence-corrected chi connectivity index (χ0v) is 34.8. The quantitative estimate of drug-likeness (QED) is 0.128. The summed E-state index contributed by atoms with van der Waals surface area (Å²) in [4.78, 5) is 37.3. The predicted octanol–water partition coefficient (Wildman–Crippen LogP) is 6.11. The molecule has 2 saturated heterocycles. The fourth-order valence-electron chi connectivity index (χ4n) is 7.61. The number of nitrogens with zero attached hydrogens (tertiary/aromatic N) is 6. The van der Waals surface area contributed by atoms with Gasteiger partial charge in [0.2, 0.25) is 0 Å². The van der Waals surface area contributed by atoms with Crippen LogP contribution in [0.15, 0.2) is 35.8 Å². The second-order valence-electron chi connectivity index (χ2n) is 15.6. The third-order valence-corrected chi connectivity index (χ3v) is 11.5. The monoisotopic (exact) mass is 774 g/mol. The Morgan fingerprint density at radius 2 is 1.87 bits per heavy atom. The first-order valence-corrected chi connectivity index (χ1v) is 20.7. The number of thiazole rings is 1. The van der Waals surface area contributed by atoms with Gasteiger partial charge in [0, 0.05) is 99.2 Å². The summed E-state index contributed by atoms with van der Waals surface area (Å²) in [5, 5.41) is 6.13. The molecule has 2 fully saturated rings. The lowest BCUT2D eigenvalue weighted by molar-refractivity contribution is -0.131. The van der Waals surface area contributed by atoms with Crippen LogP contribution in [0.4, 0.5) is 5.69 Å². The summed E-state index contributed by atoms with van der Waals surface area (Å²) in [6.45, 7) is 19.8. The van der Waals surface area contributed by atoms with E-state index in [-0.39, 0.29) is 11.5 Å². The van der Waals surface area contributed by atoms with E-state index < -0.39 is 6.04 Å². The Kier molecular flexibility index (Phi) is 15.4. The molecule has 13 heteroatoms. The van der Waals surface area contributed by atoms with Gasteiger partial charge in [-0.25, -0.2) is 9.99 Å². The number of benzene rings is 1. The Morgan fingerprint density at radius 1 is 1.09 bits per heavy atom. The lowest BCUT2D eigenvalue weighted by Crippen LogP contribution is -2.46. The molecule has 0 spiro atoms. The zero-order valence-electron chi connectivity index (χ0n) is 34.0. The van der Waals surface area contributed by atoms with E-state index in [2.05, 4.69) is 83.8 Å². The zero-order chi connectivity index (χ0) is 39.5. The van der Waals surface area contributed by atoms with Crippen LogP contribution in [0.1, 0.15) is 76.3 Å². The maximum atomic E-state index is 11.3. The normalized spacial score (nSPS) is 16.8. The molecular formula is C42H62N8O4S. The Hall–Kier alpha value is -3.72. The summed E-state index contributed by atoms with van der Waals surface area (Å²) in [6, 6.07) is 8.25. The maximum absolute atomic E-state index is 11.3. The fraction of sp³-hybridized carbons (Fsp3) is 0.571. The van der Waals surface area contributed by atoms with Crippen molar-refractivity contribution in [2.45, 2.75) is 85.4 Å². The van der Waals surface area contributed by atoms with Crippen molar-refractivity contribution in [2.75, 3.05) is 71.5 Å². The van der Waals surface area contributed by atoms with Gasteiger partial charge in [0.05, 0.1) is 52.7 Å². The highest BCUT2D eigenvalue weighted by Gasteiger charge is 2.30. The van der Waals surface area contributed by atoms with Crippen LogP contribution >= 0.6 is 11.3 Å². The Balaban J connectivity index is 0.000000745. The SMILES string of the molecule is CCCN1CCN(c2cnc(C(C)OC)c(-c3c(CC(C)(C)COC=O)c4cc(-c5csc(CC(N)C=O)n5)ccc4n3CC)c2)CC1.CN1CCCCN1. The van der Waals surface area contributed by atoms with Gasteiger partial charge in [-0.15, -0.1) is 11.3 Å². The molecule has 0 saturated carbocycles. The molecule has 300 valence electrons. The number of hydrogen-bond donors (Lipinski definition) is 2. The number of fused-ring (bicyclic) bond motifs is 1. The van der Waals surface area contributed by atoms with Crippen molar-refractivity contribution in [1.82, 2.24) is 29.9 Å². The highest BCUT2D eigenvalue weighted by Crippen LogP contribution is 2.43. The van der Waals surface area contributed by atoms with E-state index in [0.717, 1.165) is 108 Å². The number of hydrazine groups is 1. The van der Waals surface area contributed by atoms with Crippen molar-refractivity contribution in [3.05, 3.63) is 52.1 Å². The number of nitrogens with one attached hydrogen (secondary N) is 1. The molecule has 12 nitrogen and oxygen atoms in total. The van der Waals surface area contributed by atoms with E-state index in [0.29, 0.717) is 25.9 Å². The first-order chi connectivity index (χ1) is 26.5. The van der Waals surface area contributed by atoms with Gasteiger partial charge < -0.3 is 29.5 Å². The number of ether oxygens (including phenoxy) is 2. The number of nitrogens with two attached hydrogens (primary N) is 1. The van der Waals surface area contributed by atoms with Gasteiger partial charge in [-0.1, -0.05) is 26.8 Å². The Labute approximate surface area is 331 Å². The van der Waals surface area contributed by atoms with E-state index in [1.54, 1.807) is 7.11 Å². The number of carbonyl (C=O) groups is 2. The van der Waals surface area contributed by atoms with Crippen LogP contribution in [0.2, 0.25) is 0 Å². The molecule has 2 aliphatic heterocycles. The van der Waals surface area contributed by atoms with Crippen LogP contribution in [0.5, 0.6) is 0 Å². The van der Waals surface area contributed by atoms with E-state index >= 15 is 0 Å². The summed E-state index contributed by atoms with van der Waals surface area (Å²) in [5.74, 6) is 0. The first-order valence-electron chi connectivity index (χ1n) is 19.8. The van der Waals surface area contributed by atoms with Crippen LogP contribution in [-0.4, -0.2) is 110 Å². The number of methoxy groups -OCH3 is 1. The van der Waals surface area contributed by atoms with Crippen molar-refractivity contribution < 1.29 is 19.1 Å². The van der Waals surface area contributed by atoms with Crippen LogP contribution in [-0.2, 0) is 38.4 Å². The van der Waals surface area contributed by atoms with Gasteiger partial charge >= 0.3 is 0 Å². The van der Waals surface area contributed by atoms with Crippen molar-refractivity contribution in [2.24, 2.45) is 11.1 Å². The van der Waals surface area contributed by atoms with Crippen LogP contribution in [0.3, 0.4) is 0 Å². The molecule has 2 atom stereocenters. The van der Waals surface area contributed by atoms with Gasteiger partial charge in [-0.3, -0.25) is 20.1 Å². The number of aromatic nitrogens is 3. The van der Waals surface area contributed by atoms with Crippen LogP contribution in [0.25, 0.3) is 33.4 Å². The molecule has 3 aromatic heterocycles. The number of rotatable bonds is 16. The standard InChI is InChI=1S/C37H50N6O4S.C5H12N2/c1-7-11-41-12-14-42(15-13-41)28-18-30(35(39-20-28)25(3)46-6)36-31(19-37(4,5)23-47-24-45)29-16-26(9-10-33(29)43(36)8-2)32-22-48-34(40-32)17-27(38)21-44;1-7-5-3-2-4-6-7/h9-10,16,18,20-22,24-25,27H,7-8,11-15,17,19,23,38H2,1-6H3;6H,2-5H2,1H3. The number of aryl methyl sites for hydroxylation is 1. The van der Waals surface area contributed by atoms with Gasteiger partial charge in [0.15, 0.2) is 0 Å². The second-order valence-corrected chi connectivity index (χ2v) is 16.5. The third-order valence-electron chi connectivity index (χ3n) is 10.6. The summed E-state index contributed by atoms with van der Waals surface area (Å²) < 4.78 is 13.6. The van der Waals surface area contributed by atoms with Gasteiger partial charge in [-0.2, -0.15) is 0 Å². The Morgan fingerprint density at radius 3 is 2.49 bits per heavy atom. The molecule has 6 rings (SSSR count). The summed E-state index contributed by atoms with van der Waals surface area (Å²) in [6.07, 6.45) is 7.47. The van der Waals surface area contributed by atoms with Gasteiger partial charge in [-0.05, 0) is 69.8 Å². The van der Waals surface area contributed by atoms with E-state index in [1.807, 2.05) is 18.5 Å². The van der Waals surface area contributed by atoms with E-state index in [4.69, 9.17) is 25.2 Å². The van der Waals surface area contributed by atoms with Gasteiger partial charge in [0.1, 0.15) is 6.29 Å². The summed E-state index contributed by atoms with van der Waals surface area (Å²) >= 11 is 1.52.